The molecule has 3 aromatic rings. The Bertz CT molecular complexity index is 1570. The van der Waals surface area contributed by atoms with Crippen LogP contribution in [-0.2, 0) is 14.2 Å². The minimum absolute atomic E-state index is 0.0121. The highest BCUT2D eigenvalue weighted by atomic mass is 16.7. The van der Waals surface area contributed by atoms with Gasteiger partial charge in [-0.3, -0.25) is 4.79 Å². The van der Waals surface area contributed by atoms with E-state index in [9.17, 15) is 40.5 Å². The zero-order chi connectivity index (χ0) is 31.3. The van der Waals surface area contributed by atoms with E-state index < -0.39 is 73.1 Å². The Morgan fingerprint density at radius 2 is 1.66 bits per heavy atom. The second kappa shape index (κ2) is 12.0. The lowest BCUT2D eigenvalue weighted by molar-refractivity contribution is -0.307. The van der Waals surface area contributed by atoms with Crippen molar-refractivity contribution < 1.29 is 73.3 Å². The van der Waals surface area contributed by atoms with E-state index in [2.05, 4.69) is 0 Å². The normalized spacial score (nSPS) is 31.7. The first kappa shape index (κ1) is 30.3. The van der Waals surface area contributed by atoms with Crippen molar-refractivity contribution in [3.8, 4) is 39.9 Å². The fourth-order valence-electron chi connectivity index (χ4n) is 5.12. The molecule has 7 N–H and O–H groups in total. The van der Waals surface area contributed by atoms with Gasteiger partial charge in [-0.05, 0) is 23.8 Å². The predicted molar refractivity (Wildman–Crippen MR) is 143 cm³/mol. The maximum Gasteiger partial charge on any atom is 0.231 e. The largest absolute Gasteiger partial charge is 0.504 e. The number of aliphatic hydroxyl groups excluding tert-OH is 6. The van der Waals surface area contributed by atoms with Gasteiger partial charge in [0.1, 0.15) is 54.6 Å². The fraction of sp³-hybridized carbons (Fsp3) is 0.464. The average molecular weight is 623 g/mol. The molecule has 0 radical (unpaired) electrons. The molecular weight excluding hydrogens is 592 g/mol. The summed E-state index contributed by atoms with van der Waals surface area (Å²) in [7, 11) is 1.44. The number of aromatic hydroxyl groups is 1. The van der Waals surface area contributed by atoms with Crippen molar-refractivity contribution >= 4 is 11.0 Å². The third-order valence-corrected chi connectivity index (χ3v) is 7.61. The molecule has 3 aliphatic rings. The number of methoxy groups -OCH3 is 1. The van der Waals surface area contributed by atoms with Gasteiger partial charge < -0.3 is 73.3 Å². The summed E-state index contributed by atoms with van der Waals surface area (Å²) in [4.78, 5) is 13.6. The summed E-state index contributed by atoms with van der Waals surface area (Å²) >= 11 is 0. The van der Waals surface area contributed by atoms with Gasteiger partial charge in [-0.2, -0.15) is 0 Å². The first-order valence-electron chi connectivity index (χ1n) is 13.5. The van der Waals surface area contributed by atoms with Gasteiger partial charge in [0.05, 0.1) is 31.3 Å². The van der Waals surface area contributed by atoms with Crippen molar-refractivity contribution in [1.82, 2.24) is 0 Å². The van der Waals surface area contributed by atoms with Gasteiger partial charge in [0.2, 0.25) is 24.3 Å². The summed E-state index contributed by atoms with van der Waals surface area (Å²) in [5, 5.41) is 71.6. The van der Waals surface area contributed by atoms with Gasteiger partial charge in [0.25, 0.3) is 0 Å². The van der Waals surface area contributed by atoms with E-state index in [4.69, 9.17) is 37.6 Å². The Balaban J connectivity index is 1.24. The smallest absolute Gasteiger partial charge is 0.231 e. The molecule has 2 aromatic carbocycles. The van der Waals surface area contributed by atoms with E-state index in [0.29, 0.717) is 22.8 Å². The van der Waals surface area contributed by atoms with Crippen LogP contribution in [0.4, 0.5) is 0 Å². The van der Waals surface area contributed by atoms with Crippen LogP contribution >= 0.6 is 0 Å². The first-order chi connectivity index (χ1) is 21.1. The number of fused-ring (bicyclic) bond motifs is 2. The quantitative estimate of drug-likeness (QED) is 0.159. The summed E-state index contributed by atoms with van der Waals surface area (Å²) < 4.78 is 43.6. The SMILES string of the molecule is COc1cc(-c2coc3cc(O)c(O[C@@H]4O[C@@H](CO[C@H]5OC[C@H](O)[C@@H](O)[C@H]5O)[C@@H](O)[C@H](O)[C@H]4O)cc3c2=O)cc2c1OCO2. The number of phenols is 1. The molecule has 16 nitrogen and oxygen atoms in total. The Kier molecular flexibility index (Phi) is 8.27. The summed E-state index contributed by atoms with van der Waals surface area (Å²) in [5.41, 5.74) is 0.0290. The number of hydrogen-bond acceptors (Lipinski definition) is 16. The molecule has 0 bridgehead atoms. The van der Waals surface area contributed by atoms with Crippen LogP contribution in [-0.4, -0.2) is 118 Å². The third kappa shape index (κ3) is 5.40. The minimum atomic E-state index is -1.81. The molecule has 0 aliphatic carbocycles. The van der Waals surface area contributed by atoms with Gasteiger partial charge in [0, 0.05) is 6.07 Å². The van der Waals surface area contributed by atoms with E-state index in [0.717, 1.165) is 6.07 Å². The third-order valence-electron chi connectivity index (χ3n) is 7.61. The Hall–Kier alpha value is -3.71. The first-order valence-corrected chi connectivity index (χ1v) is 13.5. The number of ether oxygens (including phenoxy) is 7. The number of rotatable bonds is 7. The molecule has 9 atom stereocenters. The molecule has 0 unspecified atom stereocenters. The van der Waals surface area contributed by atoms with Crippen molar-refractivity contribution in [3.63, 3.8) is 0 Å². The summed E-state index contributed by atoms with van der Waals surface area (Å²) in [6.07, 6.45) is -13.0. The molecule has 0 spiro atoms. The van der Waals surface area contributed by atoms with E-state index in [1.165, 1.54) is 19.4 Å². The van der Waals surface area contributed by atoms with E-state index >= 15 is 0 Å². The van der Waals surface area contributed by atoms with E-state index in [1.54, 1.807) is 12.1 Å². The molecule has 6 rings (SSSR count). The molecule has 3 aliphatic heterocycles. The fourth-order valence-corrected chi connectivity index (χ4v) is 5.12. The molecule has 1 aromatic heterocycles. The highest BCUT2D eigenvalue weighted by Gasteiger charge is 2.46. The average Bonchev–Trinajstić information content (AvgIpc) is 3.49. The van der Waals surface area contributed by atoms with E-state index in [-0.39, 0.29) is 35.7 Å². The number of aliphatic hydroxyl groups is 6. The second-order valence-electron chi connectivity index (χ2n) is 10.4. The van der Waals surface area contributed by atoms with Crippen molar-refractivity contribution in [3.05, 3.63) is 40.8 Å². The van der Waals surface area contributed by atoms with Crippen LogP contribution in [0.25, 0.3) is 22.1 Å². The van der Waals surface area contributed by atoms with Crippen molar-refractivity contribution in [1.29, 1.82) is 0 Å². The highest BCUT2D eigenvalue weighted by molar-refractivity contribution is 5.85. The molecule has 0 amide bonds. The number of hydrogen-bond donors (Lipinski definition) is 7. The highest BCUT2D eigenvalue weighted by Crippen LogP contribution is 2.44. The summed E-state index contributed by atoms with van der Waals surface area (Å²) in [6.45, 7) is -0.854. The molecule has 16 heteroatoms. The van der Waals surface area contributed by atoms with Crippen molar-refractivity contribution in [2.75, 3.05) is 27.1 Å². The number of phenolic OH excluding ortho intramolecular Hbond substituents is 1. The topological polar surface area (TPSA) is 236 Å². The Morgan fingerprint density at radius 3 is 2.43 bits per heavy atom. The van der Waals surface area contributed by atoms with Crippen LogP contribution in [0.3, 0.4) is 0 Å². The molecule has 238 valence electrons. The van der Waals surface area contributed by atoms with Crippen molar-refractivity contribution in [2.24, 2.45) is 0 Å². The molecule has 44 heavy (non-hydrogen) atoms. The standard InChI is InChI=1S/C28H30O16/c1-37-17-2-10(3-18-26(17)42-9-41-18)12-6-38-15-5-13(29)16(4-11(15)20(12)31)43-28-25(36)23(34)22(33)19(44-28)8-40-27-24(35)21(32)14(30)7-39-27/h2-6,14,19,21-25,27-30,32-36H,7-9H2,1H3/t14-,19-,21+,22+,23-,24+,25+,27+,28+/m0/s1. The minimum Gasteiger partial charge on any atom is -0.504 e. The second-order valence-corrected chi connectivity index (χ2v) is 10.4. The van der Waals surface area contributed by atoms with Crippen LogP contribution in [0.1, 0.15) is 0 Å². The lowest BCUT2D eigenvalue weighted by Crippen LogP contribution is -2.61. The monoisotopic (exact) mass is 622 g/mol. The molecule has 2 fully saturated rings. The molecule has 2 saturated heterocycles. The molecule has 0 saturated carbocycles. The van der Waals surface area contributed by atoms with Crippen LogP contribution in [0.15, 0.2) is 39.7 Å². The zero-order valence-corrected chi connectivity index (χ0v) is 23.0. The van der Waals surface area contributed by atoms with Crippen LogP contribution < -0.4 is 24.4 Å². The van der Waals surface area contributed by atoms with Gasteiger partial charge >= 0.3 is 0 Å². The summed E-state index contributed by atoms with van der Waals surface area (Å²) in [5.74, 6) is 0.289. The van der Waals surface area contributed by atoms with Gasteiger partial charge in [-0.15, -0.1) is 0 Å². The van der Waals surface area contributed by atoms with Crippen molar-refractivity contribution in [2.45, 2.75) is 55.3 Å². The van der Waals surface area contributed by atoms with Crippen LogP contribution in [0, 0.1) is 0 Å². The Morgan fingerprint density at radius 1 is 0.886 bits per heavy atom. The van der Waals surface area contributed by atoms with Gasteiger partial charge in [0.15, 0.2) is 29.3 Å². The molecular formula is C28H30O16. The zero-order valence-electron chi connectivity index (χ0n) is 23.0. The predicted octanol–water partition coefficient (Wildman–Crippen LogP) is -1.46. The van der Waals surface area contributed by atoms with Crippen LogP contribution in [0.5, 0.6) is 28.7 Å². The number of benzene rings is 2. The Labute approximate surface area is 247 Å². The maximum atomic E-state index is 13.6. The van der Waals surface area contributed by atoms with Gasteiger partial charge in [-0.1, -0.05) is 0 Å². The lowest BCUT2D eigenvalue weighted by atomic mass is 9.99. The summed E-state index contributed by atoms with van der Waals surface area (Å²) in [6, 6.07) is 5.45. The maximum absolute atomic E-state index is 13.6. The lowest BCUT2D eigenvalue weighted by Gasteiger charge is -2.41. The van der Waals surface area contributed by atoms with Gasteiger partial charge in [-0.25, -0.2) is 0 Å². The van der Waals surface area contributed by atoms with E-state index in [1.807, 2.05) is 0 Å². The molecule has 4 heterocycles. The van der Waals surface area contributed by atoms with Crippen LogP contribution in [0.2, 0.25) is 0 Å².